The van der Waals surface area contributed by atoms with E-state index in [-0.39, 0.29) is 44.8 Å². The molecule has 0 saturated carbocycles. The fourth-order valence-electron chi connectivity index (χ4n) is 11.4. The number of H-pyrrole nitrogens is 2. The van der Waals surface area contributed by atoms with Crippen LogP contribution < -0.4 is 46.5 Å². The molecule has 6 aromatic carbocycles. The Balaban J connectivity index is 0.000000162. The van der Waals surface area contributed by atoms with Crippen LogP contribution in [0.3, 0.4) is 0 Å². The molecule has 1 saturated heterocycles. The smallest absolute Gasteiger partial charge is 0.269 e. The normalized spacial score (nSPS) is 12.0. The largest absolute Gasteiger partial charge is 0.496 e. The fraction of sp³-hybridized carbons (Fsp3) is 0.211. The van der Waals surface area contributed by atoms with E-state index in [4.69, 9.17) is 59.5 Å². The van der Waals surface area contributed by atoms with Crippen LogP contribution in [-0.4, -0.2) is 133 Å². The Morgan fingerprint density at radius 3 is 1.56 bits per heavy atom. The minimum Gasteiger partial charge on any atom is -0.496 e. The predicted molar refractivity (Wildman–Crippen MR) is 421 cm³/mol. The Bertz CT molecular complexity index is 5340. The van der Waals surface area contributed by atoms with E-state index in [2.05, 4.69) is 94.6 Å². The number of aromatic amines is 2. The van der Waals surface area contributed by atoms with E-state index in [1.807, 2.05) is 125 Å². The molecule has 7 heterocycles. The number of thiazole rings is 1. The molecule has 0 atom stereocenters. The molecular formula is C76H75Cl3N18O9S2. The number of primary amides is 1. The Morgan fingerprint density at radius 2 is 1.07 bits per heavy atom. The molecule has 6 aromatic heterocycles. The number of nitrogens with two attached hydrogens (primary N) is 1. The molecule has 556 valence electrons. The molecule has 0 bridgehead atoms. The third-order valence-electron chi connectivity index (χ3n) is 17.0. The van der Waals surface area contributed by atoms with Gasteiger partial charge in [-0.15, -0.1) is 11.3 Å². The average Bonchev–Trinajstić information content (AvgIpc) is 0.946. The van der Waals surface area contributed by atoms with Gasteiger partial charge in [0.05, 0.1) is 75.7 Å². The number of carbonyl (C=O) groups is 3. The van der Waals surface area contributed by atoms with Crippen LogP contribution in [0, 0.1) is 27.7 Å². The zero-order valence-electron chi connectivity index (χ0n) is 60.1. The van der Waals surface area contributed by atoms with Gasteiger partial charge < -0.3 is 56.2 Å². The van der Waals surface area contributed by atoms with Gasteiger partial charge in [0.15, 0.2) is 45.8 Å². The second-order valence-corrected chi connectivity index (χ2v) is 28.3. The summed E-state index contributed by atoms with van der Waals surface area (Å²) in [6.45, 7) is 13.1. The highest BCUT2D eigenvalue weighted by Gasteiger charge is 2.27. The second kappa shape index (κ2) is 35.3. The highest BCUT2D eigenvalue weighted by Crippen LogP contribution is 2.40. The fourth-order valence-corrected chi connectivity index (χ4v) is 13.8. The van der Waals surface area contributed by atoms with Gasteiger partial charge in [-0.3, -0.25) is 19.5 Å². The first-order chi connectivity index (χ1) is 52.0. The molecule has 1 aliphatic heterocycles. The number of aryl methyl sites for hydroxylation is 4. The van der Waals surface area contributed by atoms with Gasteiger partial charge in [0.25, 0.3) is 5.91 Å². The van der Waals surface area contributed by atoms with Gasteiger partial charge >= 0.3 is 0 Å². The molecule has 0 aliphatic carbocycles. The number of nitrogens with one attached hydrogen (secondary N) is 7. The highest BCUT2D eigenvalue weighted by molar-refractivity contribution is 7.89. The number of sulfonamides is 1. The molecule has 1 fully saturated rings. The van der Waals surface area contributed by atoms with E-state index in [0.717, 1.165) is 72.6 Å². The Labute approximate surface area is 641 Å². The van der Waals surface area contributed by atoms with Crippen LogP contribution in [0.15, 0.2) is 157 Å². The minimum atomic E-state index is -3.57. The molecular weight excluding hydrogens is 1480 g/mol. The number of halogens is 3. The molecule has 12 aromatic rings. The molecule has 9 N–H and O–H groups in total. The lowest BCUT2D eigenvalue weighted by atomic mass is 9.95. The maximum absolute atomic E-state index is 13.0. The lowest BCUT2D eigenvalue weighted by molar-refractivity contribution is 0.0730. The Hall–Kier alpha value is -11.4. The first kappa shape index (κ1) is 77.7. The van der Waals surface area contributed by atoms with Crippen molar-refractivity contribution in [2.24, 2.45) is 5.73 Å². The number of nitrogens with zero attached hydrogens (tertiary/aromatic N) is 10. The molecule has 13 rings (SSSR count). The third-order valence-corrected chi connectivity index (χ3v) is 20.5. The first-order valence-corrected chi connectivity index (χ1v) is 37.1. The number of imidazole rings is 1. The van der Waals surface area contributed by atoms with Crippen molar-refractivity contribution < 1.29 is 41.7 Å². The van der Waals surface area contributed by atoms with Crippen LogP contribution >= 0.6 is 46.1 Å². The topological polar surface area (TPSA) is 359 Å². The summed E-state index contributed by atoms with van der Waals surface area (Å²) >= 11 is 20.3. The summed E-state index contributed by atoms with van der Waals surface area (Å²) in [5, 5.41) is 26.1. The van der Waals surface area contributed by atoms with Crippen molar-refractivity contribution in [3.8, 4) is 50.6 Å². The summed E-state index contributed by atoms with van der Waals surface area (Å²) < 4.78 is 49.7. The predicted octanol–water partition coefficient (Wildman–Crippen LogP) is 16.2. The molecule has 0 unspecified atom stereocenters. The third kappa shape index (κ3) is 18.8. The van der Waals surface area contributed by atoms with E-state index in [0.29, 0.717) is 118 Å². The number of rotatable bonds is 25. The van der Waals surface area contributed by atoms with Gasteiger partial charge in [0, 0.05) is 72.4 Å². The summed E-state index contributed by atoms with van der Waals surface area (Å²) in [5.41, 5.74) is 18.8. The van der Waals surface area contributed by atoms with Crippen molar-refractivity contribution in [1.29, 1.82) is 0 Å². The highest BCUT2D eigenvalue weighted by atomic mass is 35.5. The average molecular weight is 1560 g/mol. The molecule has 27 nitrogen and oxygen atoms in total. The maximum Gasteiger partial charge on any atom is 0.269 e. The molecule has 0 radical (unpaired) electrons. The SMILES string of the molecule is CCC(=O)c1ccc(-c2cc(OC)c(Cc3ncc(Cl)c(Nc4nccs4)n3)cc2C)cc1.CCC(=O)c1ccc(-c2cc(OC)c(Nc3ncc(Cl)c(Nc4nc[nH]c4C(N)=O)n3)cc2C)cc1.COc1cc(-c2ccc(S(=O)(=O)N3CCOCC3)cc2)c(C)cc1Nc1ncc(Cl)c(Nc2cc(C)[nH]n2)n1. The number of methoxy groups -OCH3 is 3. The first-order valence-electron chi connectivity index (χ1n) is 33.7. The number of Topliss-reactive ketones (excluding diaryl/α,β-unsaturated/α-hetero) is 2. The van der Waals surface area contributed by atoms with Crippen LogP contribution in [0.5, 0.6) is 17.2 Å². The maximum atomic E-state index is 13.0. The zero-order chi connectivity index (χ0) is 76.8. The van der Waals surface area contributed by atoms with Crippen LogP contribution in [0.25, 0.3) is 33.4 Å². The summed E-state index contributed by atoms with van der Waals surface area (Å²) in [7, 11) is 1.23. The summed E-state index contributed by atoms with van der Waals surface area (Å²) in [4.78, 5) is 73.0. The van der Waals surface area contributed by atoms with Crippen LogP contribution in [0.1, 0.15) is 91.7 Å². The Kier molecular flexibility index (Phi) is 25.4. The van der Waals surface area contributed by atoms with E-state index < -0.39 is 15.9 Å². The number of anilines is 10. The monoisotopic (exact) mass is 1550 g/mol. The quantitative estimate of drug-likeness (QED) is 0.0246. The van der Waals surface area contributed by atoms with Crippen LogP contribution in [-0.2, 0) is 21.2 Å². The van der Waals surface area contributed by atoms with Crippen molar-refractivity contribution in [2.45, 2.75) is 65.7 Å². The standard InChI is InChI=1S/C26H28ClN7O4S.C25H24ClN7O3.C25H23ClN4O2S/c1-16-12-22(29-26-28-15-21(27)25(31-26)30-24-13-17(2)32-33-24)23(37-3)14-20(16)18-4-6-19(7-5-18)39(35,36)34-8-10-38-11-9-34;1-4-19(34)15-7-5-14(6-8-15)16-10-20(36-3)18(9-13(16)2)31-25-28-11-17(26)23(33-25)32-24-21(22(27)35)29-12-30-24;1-4-21(31)17-7-5-16(6-8-17)19-13-22(32-3)18(11-15(19)2)12-23-28-14-20(26)24(29-23)30-25-27-9-10-33-25/h4-7,12-15H,8-11H2,1-3H3,(H3,28,29,30,31,32,33);5-12H,4H2,1-3H3,(H2,27,35)(H,29,30)(H2,28,31,32,33);5-11,13-14H,4,12H2,1-3H3,(H,27,28,29,30). The van der Waals surface area contributed by atoms with Crippen molar-refractivity contribution >= 4 is 131 Å². The van der Waals surface area contributed by atoms with E-state index in [1.54, 1.807) is 58.0 Å². The molecule has 108 heavy (non-hydrogen) atoms. The number of ether oxygens (including phenoxy) is 4. The Morgan fingerprint density at radius 1 is 0.583 bits per heavy atom. The molecule has 1 amide bonds. The number of hydrogen-bond acceptors (Lipinski definition) is 24. The van der Waals surface area contributed by atoms with Gasteiger partial charge in [-0.05, 0) is 120 Å². The second-order valence-electron chi connectivity index (χ2n) is 24.3. The number of hydrogen-bond donors (Lipinski definition) is 8. The number of morpholine rings is 1. The van der Waals surface area contributed by atoms with E-state index >= 15 is 0 Å². The number of aromatic nitrogens is 11. The van der Waals surface area contributed by atoms with Gasteiger partial charge in [0.1, 0.15) is 43.8 Å². The van der Waals surface area contributed by atoms with E-state index in [9.17, 15) is 22.8 Å². The number of benzene rings is 6. The molecule has 0 spiro atoms. The minimum absolute atomic E-state index is 0.0964. The summed E-state index contributed by atoms with van der Waals surface area (Å²) in [5.74, 6) is 4.56. The number of carbonyl (C=O) groups excluding carboxylic acids is 3. The number of ketones is 2. The van der Waals surface area contributed by atoms with Gasteiger partial charge in [-0.1, -0.05) is 115 Å². The zero-order valence-corrected chi connectivity index (χ0v) is 64.0. The van der Waals surface area contributed by atoms with Gasteiger partial charge in [-0.2, -0.15) is 19.4 Å². The van der Waals surface area contributed by atoms with Gasteiger partial charge in [-0.25, -0.2) is 38.3 Å². The van der Waals surface area contributed by atoms with Gasteiger partial charge in [0.2, 0.25) is 21.9 Å². The van der Waals surface area contributed by atoms with Crippen molar-refractivity contribution in [2.75, 3.05) is 74.2 Å². The lowest BCUT2D eigenvalue weighted by Gasteiger charge is -2.26. The van der Waals surface area contributed by atoms with Crippen molar-refractivity contribution in [1.82, 2.24) is 59.4 Å². The van der Waals surface area contributed by atoms with Crippen molar-refractivity contribution in [3.05, 3.63) is 217 Å². The summed E-state index contributed by atoms with van der Waals surface area (Å²) in [6, 6.07) is 35.7. The van der Waals surface area contributed by atoms with Crippen LogP contribution in [0.2, 0.25) is 15.1 Å². The van der Waals surface area contributed by atoms with Crippen LogP contribution in [0.4, 0.5) is 57.5 Å². The molecule has 1 aliphatic rings. The number of amides is 1. The van der Waals surface area contributed by atoms with E-state index in [1.165, 1.54) is 34.4 Å². The lowest BCUT2D eigenvalue weighted by Crippen LogP contribution is -2.40. The molecule has 32 heteroatoms. The van der Waals surface area contributed by atoms with Crippen molar-refractivity contribution in [3.63, 3.8) is 0 Å². The summed E-state index contributed by atoms with van der Waals surface area (Å²) in [6.07, 6.45) is 9.00.